The Morgan fingerprint density at radius 3 is 2.70 bits per heavy atom. The molecule has 152 valence electrons. The van der Waals surface area contributed by atoms with E-state index in [4.69, 9.17) is 0 Å². The fraction of sp³-hybridized carbons (Fsp3) is 0.150. The van der Waals surface area contributed by atoms with Gasteiger partial charge < -0.3 is 15.0 Å². The molecular weight excluding hydrogens is 391 g/mol. The molecule has 10 heteroatoms. The number of hydrogen-bond acceptors (Lipinski definition) is 6. The van der Waals surface area contributed by atoms with E-state index in [0.29, 0.717) is 17.6 Å². The van der Waals surface area contributed by atoms with E-state index in [0.717, 1.165) is 0 Å². The van der Waals surface area contributed by atoms with Gasteiger partial charge in [-0.05, 0) is 29.8 Å². The topological polar surface area (TPSA) is 115 Å². The predicted octanol–water partition coefficient (Wildman–Crippen LogP) is 1.46. The largest absolute Gasteiger partial charge is 0.505 e. The fourth-order valence-corrected chi connectivity index (χ4v) is 3.11. The van der Waals surface area contributed by atoms with E-state index in [1.54, 1.807) is 16.8 Å². The lowest BCUT2D eigenvalue weighted by Crippen LogP contribution is -2.34. The van der Waals surface area contributed by atoms with Gasteiger partial charge in [0.1, 0.15) is 29.6 Å². The summed E-state index contributed by atoms with van der Waals surface area (Å²) in [7, 11) is 0. The SMILES string of the molecule is O=C(NCc1ccc(F)cc1)c1c(O)c2ncccc2n(CCn2cncn2)c1=O. The molecule has 2 N–H and O–H groups in total. The van der Waals surface area contributed by atoms with Gasteiger partial charge in [-0.25, -0.2) is 9.37 Å². The summed E-state index contributed by atoms with van der Waals surface area (Å²) in [5, 5.41) is 17.2. The molecule has 0 aliphatic carbocycles. The summed E-state index contributed by atoms with van der Waals surface area (Å²) >= 11 is 0. The number of aromatic hydroxyl groups is 1. The monoisotopic (exact) mass is 408 g/mol. The first-order valence-electron chi connectivity index (χ1n) is 9.10. The molecule has 9 nitrogen and oxygen atoms in total. The lowest BCUT2D eigenvalue weighted by molar-refractivity contribution is 0.0946. The maximum atomic E-state index is 13.1. The molecule has 0 spiro atoms. The zero-order valence-corrected chi connectivity index (χ0v) is 15.7. The molecule has 0 radical (unpaired) electrons. The highest BCUT2D eigenvalue weighted by atomic mass is 19.1. The number of aryl methyl sites for hydroxylation is 2. The van der Waals surface area contributed by atoms with Crippen LogP contribution >= 0.6 is 0 Å². The van der Waals surface area contributed by atoms with Crippen LogP contribution in [0.25, 0.3) is 11.0 Å². The maximum Gasteiger partial charge on any atom is 0.267 e. The van der Waals surface area contributed by atoms with E-state index in [9.17, 15) is 19.1 Å². The van der Waals surface area contributed by atoms with E-state index >= 15 is 0 Å². The molecule has 1 amide bonds. The third-order valence-corrected chi connectivity index (χ3v) is 4.61. The molecule has 0 bridgehead atoms. The minimum absolute atomic E-state index is 0.0667. The minimum atomic E-state index is -0.746. The third kappa shape index (κ3) is 3.75. The number of nitrogens with zero attached hydrogens (tertiary/aromatic N) is 5. The normalized spacial score (nSPS) is 11.0. The Labute approximate surface area is 169 Å². The summed E-state index contributed by atoms with van der Waals surface area (Å²) in [6, 6.07) is 8.88. The molecule has 30 heavy (non-hydrogen) atoms. The molecule has 0 unspecified atom stereocenters. The molecule has 4 aromatic rings. The number of pyridine rings is 2. The van der Waals surface area contributed by atoms with Gasteiger partial charge in [0.25, 0.3) is 11.5 Å². The first kappa shape index (κ1) is 19.2. The summed E-state index contributed by atoms with van der Waals surface area (Å²) in [6.45, 7) is 0.603. The molecule has 3 heterocycles. The zero-order valence-electron chi connectivity index (χ0n) is 15.7. The van der Waals surface area contributed by atoms with Crippen molar-refractivity contribution in [3.05, 3.63) is 82.5 Å². The van der Waals surface area contributed by atoms with Crippen molar-refractivity contribution in [1.29, 1.82) is 0 Å². The lowest BCUT2D eigenvalue weighted by atomic mass is 10.1. The second-order valence-electron chi connectivity index (χ2n) is 6.52. The van der Waals surface area contributed by atoms with Crippen LogP contribution in [0.15, 0.2) is 60.0 Å². The quantitative estimate of drug-likeness (QED) is 0.499. The van der Waals surface area contributed by atoms with Crippen LogP contribution in [-0.4, -0.2) is 35.3 Å². The Hall–Kier alpha value is -4.08. The van der Waals surface area contributed by atoms with E-state index in [-0.39, 0.29) is 18.6 Å². The van der Waals surface area contributed by atoms with Gasteiger partial charge in [-0.15, -0.1) is 0 Å². The zero-order chi connectivity index (χ0) is 21.1. The second kappa shape index (κ2) is 8.11. The molecule has 0 aliphatic rings. The first-order chi connectivity index (χ1) is 14.5. The Bertz CT molecular complexity index is 1250. The highest BCUT2D eigenvalue weighted by Gasteiger charge is 2.22. The molecule has 0 saturated heterocycles. The molecule has 0 fully saturated rings. The fourth-order valence-electron chi connectivity index (χ4n) is 3.11. The van der Waals surface area contributed by atoms with Crippen LogP contribution in [0, 0.1) is 5.82 Å². The Morgan fingerprint density at radius 2 is 1.97 bits per heavy atom. The van der Waals surface area contributed by atoms with Crippen LogP contribution in [0.4, 0.5) is 4.39 Å². The summed E-state index contributed by atoms with van der Waals surface area (Å²) in [5.74, 6) is -1.62. The Balaban J connectivity index is 1.68. The van der Waals surface area contributed by atoms with Crippen molar-refractivity contribution < 1.29 is 14.3 Å². The number of nitrogens with one attached hydrogen (secondary N) is 1. The van der Waals surface area contributed by atoms with Crippen LogP contribution in [0.3, 0.4) is 0 Å². The number of hydrogen-bond donors (Lipinski definition) is 2. The summed E-state index contributed by atoms with van der Waals surface area (Å²) < 4.78 is 16.0. The Morgan fingerprint density at radius 1 is 1.17 bits per heavy atom. The standard InChI is InChI=1S/C20H17FN6O3/c21-14-5-3-13(4-6-14)10-24-19(29)16-18(28)17-15(2-1-7-23-17)27(20(16)30)9-8-26-12-22-11-25-26/h1-7,11-12,28H,8-10H2,(H,24,29). The smallest absolute Gasteiger partial charge is 0.267 e. The highest BCUT2D eigenvalue weighted by molar-refractivity contribution is 6.01. The van der Waals surface area contributed by atoms with Gasteiger partial charge >= 0.3 is 0 Å². The number of carbonyl (C=O) groups excluding carboxylic acids is 1. The van der Waals surface area contributed by atoms with Gasteiger partial charge in [-0.2, -0.15) is 5.10 Å². The van der Waals surface area contributed by atoms with E-state index in [2.05, 4.69) is 20.4 Å². The van der Waals surface area contributed by atoms with Crippen LogP contribution in [0.1, 0.15) is 15.9 Å². The van der Waals surface area contributed by atoms with Gasteiger partial charge in [-0.1, -0.05) is 12.1 Å². The number of halogens is 1. The van der Waals surface area contributed by atoms with Crippen LogP contribution in [0.2, 0.25) is 0 Å². The van der Waals surface area contributed by atoms with Crippen LogP contribution in [0.5, 0.6) is 5.75 Å². The van der Waals surface area contributed by atoms with Gasteiger partial charge in [0, 0.05) is 19.3 Å². The summed E-state index contributed by atoms with van der Waals surface area (Å²) in [5.41, 5.74) is 0.138. The van der Waals surface area contributed by atoms with Crippen molar-refractivity contribution in [2.75, 3.05) is 0 Å². The molecule has 1 aromatic carbocycles. The van der Waals surface area contributed by atoms with Crippen molar-refractivity contribution in [1.82, 2.24) is 29.6 Å². The van der Waals surface area contributed by atoms with Gasteiger partial charge in [0.05, 0.1) is 12.1 Å². The highest BCUT2D eigenvalue weighted by Crippen LogP contribution is 2.24. The van der Waals surface area contributed by atoms with E-state index in [1.807, 2.05) is 0 Å². The maximum absolute atomic E-state index is 13.1. The van der Waals surface area contributed by atoms with Gasteiger partial charge in [0.15, 0.2) is 5.75 Å². The molecule has 0 aliphatic heterocycles. The molecule has 4 rings (SSSR count). The van der Waals surface area contributed by atoms with Crippen molar-refractivity contribution >= 4 is 16.9 Å². The molecule has 0 saturated carbocycles. The average Bonchev–Trinajstić information content (AvgIpc) is 3.27. The minimum Gasteiger partial charge on any atom is -0.505 e. The van der Waals surface area contributed by atoms with E-state index < -0.39 is 28.6 Å². The Kier molecular flexibility index (Phi) is 5.21. The van der Waals surface area contributed by atoms with E-state index in [1.165, 1.54) is 47.7 Å². The third-order valence-electron chi connectivity index (χ3n) is 4.61. The predicted molar refractivity (Wildman–Crippen MR) is 105 cm³/mol. The van der Waals surface area contributed by atoms with Gasteiger partial charge in [0.2, 0.25) is 0 Å². The lowest BCUT2D eigenvalue weighted by Gasteiger charge is -2.14. The van der Waals surface area contributed by atoms with Gasteiger partial charge in [-0.3, -0.25) is 19.3 Å². The van der Waals surface area contributed by atoms with Crippen LogP contribution < -0.4 is 10.9 Å². The van der Waals surface area contributed by atoms with Crippen molar-refractivity contribution in [3.63, 3.8) is 0 Å². The van der Waals surface area contributed by atoms with Crippen molar-refractivity contribution in [2.24, 2.45) is 0 Å². The molecular formula is C20H17FN6O3. The second-order valence-corrected chi connectivity index (χ2v) is 6.52. The number of amides is 1. The number of rotatable bonds is 6. The number of aromatic nitrogens is 5. The van der Waals surface area contributed by atoms with Crippen LogP contribution in [-0.2, 0) is 19.6 Å². The average molecular weight is 408 g/mol. The number of benzene rings is 1. The first-order valence-corrected chi connectivity index (χ1v) is 9.10. The molecule has 0 atom stereocenters. The number of carbonyl (C=O) groups is 1. The summed E-state index contributed by atoms with van der Waals surface area (Å²) in [4.78, 5) is 33.8. The van der Waals surface area contributed by atoms with Crippen molar-refractivity contribution in [2.45, 2.75) is 19.6 Å². The van der Waals surface area contributed by atoms with Crippen molar-refractivity contribution in [3.8, 4) is 5.75 Å². The summed E-state index contributed by atoms with van der Waals surface area (Å²) in [6.07, 6.45) is 4.37. The molecule has 3 aromatic heterocycles. The number of fused-ring (bicyclic) bond motifs is 1.